The van der Waals surface area contributed by atoms with Crippen molar-refractivity contribution in [1.82, 2.24) is 10.2 Å². The topological polar surface area (TPSA) is 32.3 Å². The molecule has 0 aromatic heterocycles. The van der Waals surface area contributed by atoms with Gasteiger partial charge in [0.2, 0.25) is 0 Å². The van der Waals surface area contributed by atoms with E-state index in [0.29, 0.717) is 17.9 Å². The number of carbonyl (C=O) groups is 1. The predicted molar refractivity (Wildman–Crippen MR) is 94.2 cm³/mol. The van der Waals surface area contributed by atoms with Crippen molar-refractivity contribution in [2.75, 3.05) is 6.54 Å². The fourth-order valence-electron chi connectivity index (χ4n) is 4.25. The maximum Gasteiger partial charge on any atom is 0.256 e. The second-order valence-electron chi connectivity index (χ2n) is 7.34. The Hall–Kier alpha value is -1.35. The standard InChI is InChI=1S/C20H30N2O/c1-4-5-13-21-19-16-10-6-7-11-17(16)20(23)22(19)18-12-8-9-14(2)15(18)3/h6-7,10-11,14-15,18-19,21H,4-5,8-9,12-13H2,1-3H3. The van der Waals surface area contributed by atoms with Crippen LogP contribution in [0.1, 0.15) is 75.0 Å². The summed E-state index contributed by atoms with van der Waals surface area (Å²) in [5.74, 6) is 1.49. The monoisotopic (exact) mass is 314 g/mol. The lowest BCUT2D eigenvalue weighted by Gasteiger charge is -2.42. The molecule has 0 radical (unpaired) electrons. The van der Waals surface area contributed by atoms with Crippen molar-refractivity contribution >= 4 is 5.91 Å². The van der Waals surface area contributed by atoms with Crippen LogP contribution in [0.2, 0.25) is 0 Å². The highest BCUT2D eigenvalue weighted by Crippen LogP contribution is 2.41. The maximum absolute atomic E-state index is 13.1. The van der Waals surface area contributed by atoms with Crippen LogP contribution in [0, 0.1) is 11.8 Å². The number of nitrogens with zero attached hydrogens (tertiary/aromatic N) is 1. The van der Waals surface area contributed by atoms with Crippen LogP contribution >= 0.6 is 0 Å². The molecule has 3 heteroatoms. The zero-order valence-electron chi connectivity index (χ0n) is 14.7. The number of amides is 1. The van der Waals surface area contributed by atoms with Crippen molar-refractivity contribution in [3.05, 3.63) is 35.4 Å². The van der Waals surface area contributed by atoms with E-state index in [-0.39, 0.29) is 12.1 Å². The van der Waals surface area contributed by atoms with E-state index >= 15 is 0 Å². The summed E-state index contributed by atoms with van der Waals surface area (Å²) in [6.07, 6.45) is 6.04. The molecule has 1 aromatic carbocycles. The Labute approximate surface area is 140 Å². The van der Waals surface area contributed by atoms with Crippen molar-refractivity contribution in [1.29, 1.82) is 0 Å². The van der Waals surface area contributed by atoms with Crippen molar-refractivity contribution in [3.8, 4) is 0 Å². The zero-order chi connectivity index (χ0) is 16.4. The number of hydrogen-bond acceptors (Lipinski definition) is 2. The van der Waals surface area contributed by atoms with Gasteiger partial charge in [-0.2, -0.15) is 0 Å². The molecule has 4 atom stereocenters. The zero-order valence-corrected chi connectivity index (χ0v) is 14.7. The molecule has 1 heterocycles. The second kappa shape index (κ2) is 7.04. The molecule has 2 aliphatic rings. The van der Waals surface area contributed by atoms with E-state index in [4.69, 9.17) is 0 Å². The number of nitrogens with one attached hydrogen (secondary N) is 1. The summed E-state index contributed by atoms with van der Waals surface area (Å²) < 4.78 is 0. The van der Waals surface area contributed by atoms with Crippen LogP contribution in [0.3, 0.4) is 0 Å². The number of fused-ring (bicyclic) bond motifs is 1. The summed E-state index contributed by atoms with van der Waals surface area (Å²) >= 11 is 0. The summed E-state index contributed by atoms with van der Waals surface area (Å²) in [6.45, 7) is 7.84. The minimum Gasteiger partial charge on any atom is -0.316 e. The molecule has 1 aliphatic carbocycles. The van der Waals surface area contributed by atoms with Gasteiger partial charge in [-0.15, -0.1) is 0 Å². The third-order valence-electron chi connectivity index (χ3n) is 5.89. The number of rotatable bonds is 5. The van der Waals surface area contributed by atoms with Gasteiger partial charge >= 0.3 is 0 Å². The predicted octanol–water partition coefficient (Wildman–Crippen LogP) is 4.36. The lowest BCUT2D eigenvalue weighted by molar-refractivity contribution is 0.0321. The summed E-state index contributed by atoms with van der Waals surface area (Å²) in [5.41, 5.74) is 2.06. The van der Waals surface area contributed by atoms with Crippen LogP contribution in [-0.4, -0.2) is 23.4 Å². The first-order chi connectivity index (χ1) is 11.1. The molecular weight excluding hydrogens is 284 g/mol. The van der Waals surface area contributed by atoms with Crippen LogP contribution < -0.4 is 5.32 Å². The van der Waals surface area contributed by atoms with E-state index in [0.717, 1.165) is 24.9 Å². The summed E-state index contributed by atoms with van der Waals surface area (Å²) in [6, 6.07) is 8.50. The van der Waals surface area contributed by atoms with Gasteiger partial charge in [0.15, 0.2) is 0 Å². The fourth-order valence-corrected chi connectivity index (χ4v) is 4.25. The Morgan fingerprint density at radius 2 is 2.00 bits per heavy atom. The molecule has 0 saturated heterocycles. The summed E-state index contributed by atoms with van der Waals surface area (Å²) in [5, 5.41) is 3.66. The van der Waals surface area contributed by atoms with Gasteiger partial charge < -0.3 is 4.90 Å². The first kappa shape index (κ1) is 16.5. The molecule has 0 bridgehead atoms. The highest BCUT2D eigenvalue weighted by atomic mass is 16.2. The third kappa shape index (κ3) is 3.03. The van der Waals surface area contributed by atoms with E-state index in [9.17, 15) is 4.79 Å². The number of benzene rings is 1. The first-order valence-corrected chi connectivity index (χ1v) is 9.30. The van der Waals surface area contributed by atoms with Gasteiger partial charge in [-0.05, 0) is 37.3 Å². The number of unbranched alkanes of at least 4 members (excludes halogenated alkanes) is 1. The second-order valence-corrected chi connectivity index (χ2v) is 7.34. The molecule has 3 nitrogen and oxygen atoms in total. The van der Waals surface area contributed by atoms with Gasteiger partial charge in [-0.3, -0.25) is 10.1 Å². The fraction of sp³-hybridized carbons (Fsp3) is 0.650. The molecule has 3 rings (SSSR count). The average molecular weight is 314 g/mol. The molecule has 1 N–H and O–H groups in total. The van der Waals surface area contributed by atoms with E-state index in [2.05, 4.69) is 43.1 Å². The van der Waals surface area contributed by atoms with E-state index < -0.39 is 0 Å². The van der Waals surface area contributed by atoms with Crippen LogP contribution in [0.5, 0.6) is 0 Å². The van der Waals surface area contributed by atoms with E-state index in [1.54, 1.807) is 0 Å². The Balaban J connectivity index is 1.89. The Kier molecular flexibility index (Phi) is 5.05. The third-order valence-corrected chi connectivity index (χ3v) is 5.89. The molecule has 1 aliphatic heterocycles. The largest absolute Gasteiger partial charge is 0.316 e. The van der Waals surface area contributed by atoms with E-state index in [1.165, 1.54) is 24.8 Å². The quantitative estimate of drug-likeness (QED) is 0.819. The Bertz CT molecular complexity index is 556. The van der Waals surface area contributed by atoms with Crippen LogP contribution in [0.4, 0.5) is 0 Å². The van der Waals surface area contributed by atoms with Crippen LogP contribution in [0.25, 0.3) is 0 Å². The van der Waals surface area contributed by atoms with E-state index in [1.807, 2.05) is 12.1 Å². The van der Waals surface area contributed by atoms with Gasteiger partial charge in [0.05, 0.1) is 0 Å². The summed E-state index contributed by atoms with van der Waals surface area (Å²) in [4.78, 5) is 15.2. The van der Waals surface area contributed by atoms with Crippen molar-refractivity contribution in [3.63, 3.8) is 0 Å². The van der Waals surface area contributed by atoms with Crippen molar-refractivity contribution in [2.45, 2.75) is 65.1 Å². The molecular formula is C20H30N2O. The number of hydrogen-bond donors (Lipinski definition) is 1. The molecule has 1 aromatic rings. The normalized spacial score (nSPS) is 30.6. The maximum atomic E-state index is 13.1. The summed E-state index contributed by atoms with van der Waals surface area (Å²) in [7, 11) is 0. The first-order valence-electron chi connectivity index (χ1n) is 9.30. The van der Waals surface area contributed by atoms with Gasteiger partial charge in [0, 0.05) is 17.2 Å². The Morgan fingerprint density at radius 3 is 2.78 bits per heavy atom. The highest BCUT2D eigenvalue weighted by molar-refractivity contribution is 5.99. The molecule has 1 saturated carbocycles. The number of carbonyl (C=O) groups excluding carboxylic acids is 1. The molecule has 23 heavy (non-hydrogen) atoms. The van der Waals surface area contributed by atoms with Gasteiger partial charge in [0.25, 0.3) is 5.91 Å². The minimum atomic E-state index is 0.0583. The molecule has 0 spiro atoms. The smallest absolute Gasteiger partial charge is 0.256 e. The lowest BCUT2D eigenvalue weighted by atomic mass is 9.77. The molecule has 1 fully saturated rings. The highest BCUT2D eigenvalue weighted by Gasteiger charge is 2.43. The SMILES string of the molecule is CCCCNC1c2ccccc2C(=O)N1C1CCCC(C)C1C. The molecule has 126 valence electrons. The van der Waals surface area contributed by atoms with Gasteiger partial charge in [-0.1, -0.05) is 58.2 Å². The lowest BCUT2D eigenvalue weighted by Crippen LogP contribution is -2.49. The minimum absolute atomic E-state index is 0.0583. The van der Waals surface area contributed by atoms with Crippen molar-refractivity contribution in [2.24, 2.45) is 11.8 Å². The molecule has 1 amide bonds. The van der Waals surface area contributed by atoms with Crippen LogP contribution in [0.15, 0.2) is 24.3 Å². The van der Waals surface area contributed by atoms with Crippen molar-refractivity contribution < 1.29 is 4.79 Å². The average Bonchev–Trinajstić information content (AvgIpc) is 2.84. The Morgan fingerprint density at radius 1 is 1.22 bits per heavy atom. The van der Waals surface area contributed by atoms with Gasteiger partial charge in [0.1, 0.15) is 6.17 Å². The van der Waals surface area contributed by atoms with Crippen LogP contribution in [-0.2, 0) is 0 Å². The molecule has 4 unspecified atom stereocenters. The van der Waals surface area contributed by atoms with Gasteiger partial charge in [-0.25, -0.2) is 0 Å².